The third-order valence-corrected chi connectivity index (χ3v) is 3.62. The molecule has 0 saturated carbocycles. The van der Waals surface area contributed by atoms with Gasteiger partial charge in [0.05, 0.1) is 39.0 Å². The molecule has 2 rings (SSSR count). The molecule has 1 aromatic heterocycles. The number of rotatable bonds is 6. The Hall–Kier alpha value is -2.83. The molecule has 0 atom stereocenters. The first-order valence-electron chi connectivity index (χ1n) is 7.30. The summed E-state index contributed by atoms with van der Waals surface area (Å²) in [4.78, 5) is 23.5. The van der Waals surface area contributed by atoms with Crippen molar-refractivity contribution in [3.8, 4) is 16.9 Å². The Bertz CT molecular complexity index is 750. The van der Waals surface area contributed by atoms with Crippen LogP contribution in [0.1, 0.15) is 28.2 Å². The largest absolute Gasteiger partial charge is 0.497 e. The number of aromatic nitrogens is 1. The van der Waals surface area contributed by atoms with E-state index in [1.54, 1.807) is 25.1 Å². The molecule has 0 amide bonds. The van der Waals surface area contributed by atoms with Crippen LogP contribution < -0.4 is 4.74 Å². The molecule has 0 radical (unpaired) electrons. The Labute approximate surface area is 139 Å². The summed E-state index contributed by atoms with van der Waals surface area (Å²) in [6, 6.07) is 5.07. The molecule has 128 valence electrons. The molecule has 2 aromatic rings. The number of hydrogen-bond acceptors (Lipinski definition) is 7. The standard InChI is InChI=1S/C17H19NO6/c1-10-16(14(24-18-10)7-8-15(19)22-3)12-6-5-11(21-2)9-13(12)17(20)23-4/h5-6,9H,7-8H2,1-4H3. The first kappa shape index (κ1) is 17.5. The van der Waals surface area contributed by atoms with E-state index in [4.69, 9.17) is 14.0 Å². The number of benzene rings is 1. The van der Waals surface area contributed by atoms with Gasteiger partial charge in [0.15, 0.2) is 0 Å². The monoisotopic (exact) mass is 333 g/mol. The van der Waals surface area contributed by atoms with Crippen molar-refractivity contribution in [1.82, 2.24) is 5.16 Å². The number of carbonyl (C=O) groups excluding carboxylic acids is 2. The minimum Gasteiger partial charge on any atom is -0.497 e. The summed E-state index contributed by atoms with van der Waals surface area (Å²) < 4.78 is 20.0. The molecule has 0 aliphatic rings. The summed E-state index contributed by atoms with van der Waals surface area (Å²) in [5, 5.41) is 3.96. The second kappa shape index (κ2) is 7.63. The third-order valence-electron chi connectivity index (χ3n) is 3.62. The number of hydrogen-bond donors (Lipinski definition) is 0. The van der Waals surface area contributed by atoms with E-state index in [-0.39, 0.29) is 12.4 Å². The highest BCUT2D eigenvalue weighted by molar-refractivity contribution is 5.98. The lowest BCUT2D eigenvalue weighted by Crippen LogP contribution is -2.06. The molecule has 0 N–H and O–H groups in total. The van der Waals surface area contributed by atoms with Crippen LogP contribution in [-0.4, -0.2) is 38.4 Å². The zero-order valence-electron chi connectivity index (χ0n) is 14.0. The minimum atomic E-state index is -0.497. The summed E-state index contributed by atoms with van der Waals surface area (Å²) >= 11 is 0. The van der Waals surface area contributed by atoms with Gasteiger partial charge in [-0.2, -0.15) is 0 Å². The summed E-state index contributed by atoms with van der Waals surface area (Å²) in [5.41, 5.74) is 2.23. The van der Waals surface area contributed by atoms with E-state index < -0.39 is 5.97 Å². The van der Waals surface area contributed by atoms with Gasteiger partial charge in [-0.15, -0.1) is 0 Å². The Morgan fingerprint density at radius 3 is 2.54 bits per heavy atom. The summed E-state index contributed by atoms with van der Waals surface area (Å²) in [7, 11) is 4.15. The van der Waals surface area contributed by atoms with Gasteiger partial charge in [0.25, 0.3) is 0 Å². The normalized spacial score (nSPS) is 10.3. The predicted octanol–water partition coefficient (Wildman–Crippen LogP) is 2.55. The van der Waals surface area contributed by atoms with Crippen LogP contribution in [0.15, 0.2) is 22.7 Å². The highest BCUT2D eigenvalue weighted by Crippen LogP contribution is 2.33. The van der Waals surface area contributed by atoms with Gasteiger partial charge in [0.2, 0.25) is 0 Å². The van der Waals surface area contributed by atoms with Gasteiger partial charge in [-0.1, -0.05) is 5.16 Å². The summed E-state index contributed by atoms with van der Waals surface area (Å²) in [6.07, 6.45) is 0.470. The molecule has 0 spiro atoms. The van der Waals surface area contributed by atoms with E-state index in [1.807, 2.05) is 0 Å². The fourth-order valence-electron chi connectivity index (χ4n) is 2.40. The maximum Gasteiger partial charge on any atom is 0.338 e. The molecule has 1 aromatic carbocycles. The Morgan fingerprint density at radius 2 is 1.92 bits per heavy atom. The first-order valence-corrected chi connectivity index (χ1v) is 7.30. The Balaban J connectivity index is 2.49. The van der Waals surface area contributed by atoms with Crippen LogP contribution >= 0.6 is 0 Å². The molecule has 0 aliphatic heterocycles. The van der Waals surface area contributed by atoms with Crippen molar-refractivity contribution in [2.75, 3.05) is 21.3 Å². The number of aryl methyl sites for hydroxylation is 2. The molecule has 0 bridgehead atoms. The van der Waals surface area contributed by atoms with Crippen molar-refractivity contribution in [1.29, 1.82) is 0 Å². The van der Waals surface area contributed by atoms with Crippen LogP contribution in [0.4, 0.5) is 0 Å². The van der Waals surface area contributed by atoms with Crippen LogP contribution in [0.25, 0.3) is 11.1 Å². The molecular formula is C17H19NO6. The van der Waals surface area contributed by atoms with Crippen molar-refractivity contribution >= 4 is 11.9 Å². The number of methoxy groups -OCH3 is 3. The number of carbonyl (C=O) groups is 2. The Kier molecular flexibility index (Phi) is 5.57. The fraction of sp³-hybridized carbons (Fsp3) is 0.353. The zero-order valence-corrected chi connectivity index (χ0v) is 14.0. The van der Waals surface area contributed by atoms with E-state index in [0.29, 0.717) is 40.3 Å². The summed E-state index contributed by atoms with van der Waals surface area (Å²) in [6.45, 7) is 1.77. The highest BCUT2D eigenvalue weighted by atomic mass is 16.5. The van der Waals surface area contributed by atoms with Crippen molar-refractivity contribution in [3.05, 3.63) is 35.2 Å². The van der Waals surface area contributed by atoms with E-state index in [2.05, 4.69) is 9.89 Å². The predicted molar refractivity (Wildman–Crippen MR) is 84.9 cm³/mol. The van der Waals surface area contributed by atoms with E-state index >= 15 is 0 Å². The molecule has 0 unspecified atom stereocenters. The average molecular weight is 333 g/mol. The van der Waals surface area contributed by atoms with E-state index in [1.165, 1.54) is 21.3 Å². The maximum atomic E-state index is 12.1. The maximum absolute atomic E-state index is 12.1. The number of ether oxygens (including phenoxy) is 3. The second-order valence-corrected chi connectivity index (χ2v) is 5.05. The van der Waals surface area contributed by atoms with Gasteiger partial charge < -0.3 is 18.7 Å². The van der Waals surface area contributed by atoms with Crippen LogP contribution in [0.3, 0.4) is 0 Å². The molecule has 0 fully saturated rings. The molecule has 7 heteroatoms. The quantitative estimate of drug-likeness (QED) is 0.751. The van der Waals surface area contributed by atoms with Crippen LogP contribution in [0.2, 0.25) is 0 Å². The first-order chi connectivity index (χ1) is 11.5. The molecular weight excluding hydrogens is 314 g/mol. The molecule has 24 heavy (non-hydrogen) atoms. The van der Waals surface area contributed by atoms with Crippen LogP contribution in [0.5, 0.6) is 5.75 Å². The van der Waals surface area contributed by atoms with Gasteiger partial charge in [-0.25, -0.2) is 4.79 Å². The molecule has 0 aliphatic carbocycles. The van der Waals surface area contributed by atoms with E-state index in [9.17, 15) is 9.59 Å². The van der Waals surface area contributed by atoms with Crippen LogP contribution in [-0.2, 0) is 20.7 Å². The van der Waals surface area contributed by atoms with Crippen LogP contribution in [0, 0.1) is 6.92 Å². The van der Waals surface area contributed by atoms with Crippen molar-refractivity contribution in [3.63, 3.8) is 0 Å². The van der Waals surface area contributed by atoms with Gasteiger partial charge in [-0.05, 0) is 25.1 Å². The van der Waals surface area contributed by atoms with Crippen molar-refractivity contribution in [2.45, 2.75) is 19.8 Å². The third kappa shape index (κ3) is 3.56. The smallest absolute Gasteiger partial charge is 0.338 e. The molecule has 7 nitrogen and oxygen atoms in total. The summed E-state index contributed by atoms with van der Waals surface area (Å²) in [5.74, 6) is 0.193. The fourth-order valence-corrected chi connectivity index (χ4v) is 2.40. The molecule has 0 saturated heterocycles. The van der Waals surface area contributed by atoms with Crippen molar-refractivity contribution in [2.24, 2.45) is 0 Å². The van der Waals surface area contributed by atoms with Gasteiger partial charge >= 0.3 is 11.9 Å². The number of nitrogens with zero attached hydrogens (tertiary/aromatic N) is 1. The van der Waals surface area contributed by atoms with E-state index in [0.717, 1.165) is 0 Å². The highest BCUT2D eigenvalue weighted by Gasteiger charge is 2.22. The lowest BCUT2D eigenvalue weighted by atomic mass is 9.96. The SMILES string of the molecule is COC(=O)CCc1onc(C)c1-c1ccc(OC)cc1C(=O)OC. The lowest BCUT2D eigenvalue weighted by molar-refractivity contribution is -0.140. The lowest BCUT2D eigenvalue weighted by Gasteiger charge is -2.10. The minimum absolute atomic E-state index is 0.155. The molecule has 1 heterocycles. The van der Waals surface area contributed by atoms with Gasteiger partial charge in [0.1, 0.15) is 11.5 Å². The van der Waals surface area contributed by atoms with Gasteiger partial charge in [0, 0.05) is 17.5 Å². The topological polar surface area (TPSA) is 87.9 Å². The number of esters is 2. The zero-order chi connectivity index (χ0) is 17.7. The second-order valence-electron chi connectivity index (χ2n) is 5.05. The van der Waals surface area contributed by atoms with Crippen molar-refractivity contribution < 1.29 is 28.3 Å². The Morgan fingerprint density at radius 1 is 1.17 bits per heavy atom. The average Bonchev–Trinajstić information content (AvgIpc) is 2.98. The van der Waals surface area contributed by atoms with Gasteiger partial charge in [-0.3, -0.25) is 4.79 Å².